The van der Waals surface area contributed by atoms with E-state index in [4.69, 9.17) is 0 Å². The SMILES string of the molecule is Cc1n[nH]c(C)c1N1CCN(S(=O)(=O)c2ccc(C(C)(C)C)cc2)CC1. The molecule has 1 aromatic carbocycles. The van der Waals surface area contributed by atoms with Crippen molar-refractivity contribution in [3.8, 4) is 0 Å². The van der Waals surface area contributed by atoms with Crippen molar-refractivity contribution in [2.24, 2.45) is 0 Å². The predicted molar refractivity (Wildman–Crippen MR) is 104 cm³/mol. The Morgan fingerprint density at radius 2 is 1.58 bits per heavy atom. The third-order valence-electron chi connectivity index (χ3n) is 5.00. The number of hydrogen-bond acceptors (Lipinski definition) is 4. The molecule has 2 aromatic rings. The van der Waals surface area contributed by atoms with Crippen molar-refractivity contribution in [1.29, 1.82) is 0 Å². The van der Waals surface area contributed by atoms with Crippen LogP contribution in [0.2, 0.25) is 0 Å². The lowest BCUT2D eigenvalue weighted by atomic mass is 9.87. The summed E-state index contributed by atoms with van der Waals surface area (Å²) in [7, 11) is -3.45. The van der Waals surface area contributed by atoms with Gasteiger partial charge in [0.15, 0.2) is 0 Å². The van der Waals surface area contributed by atoms with Gasteiger partial charge in [0.2, 0.25) is 10.0 Å². The van der Waals surface area contributed by atoms with E-state index in [1.807, 2.05) is 26.0 Å². The Balaban J connectivity index is 1.74. The maximum atomic E-state index is 13.0. The van der Waals surface area contributed by atoms with E-state index < -0.39 is 10.0 Å². The van der Waals surface area contributed by atoms with E-state index in [0.717, 1.165) is 22.6 Å². The minimum absolute atomic E-state index is 0.00817. The number of aryl methyl sites for hydroxylation is 2. The highest BCUT2D eigenvalue weighted by Crippen LogP contribution is 2.27. The van der Waals surface area contributed by atoms with E-state index in [2.05, 4.69) is 35.9 Å². The first-order chi connectivity index (χ1) is 12.1. The van der Waals surface area contributed by atoms with Crippen LogP contribution in [0, 0.1) is 13.8 Å². The van der Waals surface area contributed by atoms with Gasteiger partial charge in [0.1, 0.15) is 0 Å². The number of benzene rings is 1. The van der Waals surface area contributed by atoms with Crippen molar-refractivity contribution in [2.75, 3.05) is 31.1 Å². The molecule has 142 valence electrons. The van der Waals surface area contributed by atoms with Crippen LogP contribution < -0.4 is 4.90 Å². The molecule has 0 saturated carbocycles. The molecule has 1 saturated heterocycles. The normalized spacial score (nSPS) is 16.9. The van der Waals surface area contributed by atoms with Crippen LogP contribution in [0.1, 0.15) is 37.7 Å². The Morgan fingerprint density at radius 1 is 1.00 bits per heavy atom. The molecule has 1 aliphatic heterocycles. The van der Waals surface area contributed by atoms with E-state index in [1.54, 1.807) is 16.4 Å². The second-order valence-electron chi connectivity index (χ2n) is 7.95. The Bertz CT molecular complexity index is 852. The molecule has 1 fully saturated rings. The van der Waals surface area contributed by atoms with Gasteiger partial charge in [0.05, 0.1) is 22.0 Å². The molecule has 0 radical (unpaired) electrons. The molecule has 0 atom stereocenters. The number of anilines is 1. The highest BCUT2D eigenvalue weighted by Gasteiger charge is 2.30. The maximum Gasteiger partial charge on any atom is 0.243 e. The number of aromatic amines is 1. The highest BCUT2D eigenvalue weighted by molar-refractivity contribution is 7.89. The average molecular weight is 377 g/mol. The molecule has 2 heterocycles. The van der Waals surface area contributed by atoms with Crippen LogP contribution in [-0.4, -0.2) is 49.1 Å². The lowest BCUT2D eigenvalue weighted by molar-refractivity contribution is 0.384. The Labute approximate surface area is 156 Å². The Kier molecular flexibility index (Phi) is 4.88. The molecular formula is C19H28N4O2S. The van der Waals surface area contributed by atoms with Crippen molar-refractivity contribution in [1.82, 2.24) is 14.5 Å². The second kappa shape index (κ2) is 6.70. The maximum absolute atomic E-state index is 13.0. The molecule has 0 spiro atoms. The van der Waals surface area contributed by atoms with Gasteiger partial charge >= 0.3 is 0 Å². The molecule has 26 heavy (non-hydrogen) atoms. The number of aromatic nitrogens is 2. The van der Waals surface area contributed by atoms with Crippen LogP contribution in [0.3, 0.4) is 0 Å². The first-order valence-corrected chi connectivity index (χ1v) is 10.4. The van der Waals surface area contributed by atoms with E-state index in [9.17, 15) is 8.42 Å². The Morgan fingerprint density at radius 3 is 2.04 bits per heavy atom. The van der Waals surface area contributed by atoms with Crippen LogP contribution in [0.5, 0.6) is 0 Å². The minimum Gasteiger partial charge on any atom is -0.366 e. The first kappa shape index (κ1) is 18.9. The van der Waals surface area contributed by atoms with Gasteiger partial charge in [-0.05, 0) is 37.0 Å². The van der Waals surface area contributed by atoms with Crippen LogP contribution >= 0.6 is 0 Å². The van der Waals surface area contributed by atoms with Crippen LogP contribution in [0.15, 0.2) is 29.2 Å². The first-order valence-electron chi connectivity index (χ1n) is 8.98. The molecule has 6 nitrogen and oxygen atoms in total. The fourth-order valence-corrected chi connectivity index (χ4v) is 4.86. The molecule has 1 aromatic heterocycles. The molecule has 0 bridgehead atoms. The number of sulfonamides is 1. The van der Waals surface area contributed by atoms with E-state index in [0.29, 0.717) is 31.1 Å². The van der Waals surface area contributed by atoms with Crippen LogP contribution in [-0.2, 0) is 15.4 Å². The van der Waals surface area contributed by atoms with Gasteiger partial charge in [0, 0.05) is 26.2 Å². The zero-order valence-electron chi connectivity index (χ0n) is 16.2. The molecular weight excluding hydrogens is 348 g/mol. The van der Waals surface area contributed by atoms with Gasteiger partial charge in [-0.1, -0.05) is 32.9 Å². The van der Waals surface area contributed by atoms with Crippen LogP contribution in [0.25, 0.3) is 0 Å². The quantitative estimate of drug-likeness (QED) is 0.894. The van der Waals surface area contributed by atoms with Crippen molar-refractivity contribution in [3.05, 3.63) is 41.2 Å². The zero-order valence-corrected chi connectivity index (χ0v) is 17.0. The lowest BCUT2D eigenvalue weighted by Crippen LogP contribution is -2.48. The number of nitrogens with zero attached hydrogens (tertiary/aromatic N) is 3. The number of piperazine rings is 1. The standard InChI is InChI=1S/C19H28N4O2S/c1-14-18(15(2)21-20-14)22-10-12-23(13-11-22)26(24,25)17-8-6-16(7-9-17)19(3,4)5/h6-9H,10-13H2,1-5H3,(H,20,21). The van der Waals surface area contributed by atoms with Gasteiger partial charge in [0.25, 0.3) is 0 Å². The lowest BCUT2D eigenvalue weighted by Gasteiger charge is -2.35. The van der Waals surface area contributed by atoms with E-state index in [1.165, 1.54) is 0 Å². The summed E-state index contributed by atoms with van der Waals surface area (Å²) in [5.41, 5.74) is 4.21. The summed E-state index contributed by atoms with van der Waals surface area (Å²) in [5.74, 6) is 0. The molecule has 0 unspecified atom stereocenters. The summed E-state index contributed by atoms with van der Waals surface area (Å²) in [4.78, 5) is 2.58. The largest absolute Gasteiger partial charge is 0.366 e. The van der Waals surface area contributed by atoms with Gasteiger partial charge in [-0.3, -0.25) is 5.10 Å². The predicted octanol–water partition coefficient (Wildman–Crippen LogP) is 2.83. The smallest absolute Gasteiger partial charge is 0.243 e. The average Bonchev–Trinajstić information content (AvgIpc) is 2.93. The molecule has 0 aliphatic carbocycles. The molecule has 1 aliphatic rings. The fraction of sp³-hybridized carbons (Fsp3) is 0.526. The van der Waals surface area contributed by atoms with Gasteiger partial charge < -0.3 is 4.90 Å². The van der Waals surface area contributed by atoms with Crippen molar-refractivity contribution in [3.63, 3.8) is 0 Å². The van der Waals surface area contributed by atoms with Gasteiger partial charge in [-0.15, -0.1) is 0 Å². The minimum atomic E-state index is -3.45. The molecule has 3 rings (SSSR count). The topological polar surface area (TPSA) is 69.3 Å². The summed E-state index contributed by atoms with van der Waals surface area (Å²) in [5, 5.41) is 7.23. The summed E-state index contributed by atoms with van der Waals surface area (Å²) >= 11 is 0. The third kappa shape index (κ3) is 3.50. The van der Waals surface area contributed by atoms with Gasteiger partial charge in [-0.25, -0.2) is 8.42 Å². The summed E-state index contributed by atoms with van der Waals surface area (Å²) in [6, 6.07) is 7.29. The number of rotatable bonds is 3. The van der Waals surface area contributed by atoms with Crippen molar-refractivity contribution < 1.29 is 8.42 Å². The fourth-order valence-electron chi connectivity index (χ4n) is 3.44. The van der Waals surface area contributed by atoms with Crippen molar-refractivity contribution >= 4 is 15.7 Å². The van der Waals surface area contributed by atoms with Crippen LogP contribution in [0.4, 0.5) is 5.69 Å². The van der Waals surface area contributed by atoms with Gasteiger partial charge in [-0.2, -0.15) is 9.40 Å². The summed E-state index contributed by atoms with van der Waals surface area (Å²) in [6.45, 7) is 12.6. The second-order valence-corrected chi connectivity index (χ2v) is 9.89. The van der Waals surface area contributed by atoms with E-state index >= 15 is 0 Å². The summed E-state index contributed by atoms with van der Waals surface area (Å²) in [6.07, 6.45) is 0. The number of H-pyrrole nitrogens is 1. The Hall–Kier alpha value is -1.86. The highest BCUT2D eigenvalue weighted by atomic mass is 32.2. The number of nitrogens with one attached hydrogen (secondary N) is 1. The zero-order chi connectivity index (χ0) is 19.1. The monoisotopic (exact) mass is 376 g/mol. The third-order valence-corrected chi connectivity index (χ3v) is 6.92. The van der Waals surface area contributed by atoms with Crippen molar-refractivity contribution in [2.45, 2.75) is 44.9 Å². The van der Waals surface area contributed by atoms with E-state index in [-0.39, 0.29) is 5.41 Å². The molecule has 1 N–H and O–H groups in total. The summed E-state index contributed by atoms with van der Waals surface area (Å²) < 4.78 is 27.5. The molecule has 0 amide bonds. The molecule has 7 heteroatoms. The number of hydrogen-bond donors (Lipinski definition) is 1.